The van der Waals surface area contributed by atoms with Gasteiger partial charge in [-0.25, -0.2) is 13.1 Å². The molecule has 1 amide bonds. The number of nitrogens with one attached hydrogen (secondary N) is 2. The number of carbonyl (C=O) groups is 1. The zero-order chi connectivity index (χ0) is 20.0. The molecule has 0 atom stereocenters. The van der Waals surface area contributed by atoms with Gasteiger partial charge in [-0.15, -0.1) is 0 Å². The molecule has 6 nitrogen and oxygen atoms in total. The highest BCUT2D eigenvalue weighted by molar-refractivity contribution is 7.89. The fraction of sp³-hybridized carbons (Fsp3) is 0.381. The van der Waals surface area contributed by atoms with Gasteiger partial charge in [-0.3, -0.25) is 4.79 Å². The minimum atomic E-state index is -3.53. The van der Waals surface area contributed by atoms with Crippen molar-refractivity contribution in [1.82, 2.24) is 4.72 Å². The molecule has 1 saturated carbocycles. The quantitative estimate of drug-likeness (QED) is 0.742. The number of anilines is 1. The zero-order valence-corrected chi connectivity index (χ0v) is 16.8. The van der Waals surface area contributed by atoms with Crippen molar-refractivity contribution in [3.8, 4) is 5.75 Å². The van der Waals surface area contributed by atoms with Crippen LogP contribution in [0.15, 0.2) is 53.4 Å². The van der Waals surface area contributed by atoms with Crippen LogP contribution in [0.4, 0.5) is 5.69 Å². The van der Waals surface area contributed by atoms with E-state index in [0.717, 1.165) is 37.0 Å². The molecule has 2 aromatic carbocycles. The van der Waals surface area contributed by atoms with Gasteiger partial charge in [0, 0.05) is 11.7 Å². The van der Waals surface area contributed by atoms with Crippen LogP contribution in [0, 0.1) is 0 Å². The van der Waals surface area contributed by atoms with Gasteiger partial charge in [0.05, 0.1) is 18.4 Å². The fourth-order valence-electron chi connectivity index (χ4n) is 3.36. The van der Waals surface area contributed by atoms with Crippen molar-refractivity contribution in [3.05, 3.63) is 54.1 Å². The number of hydrogen-bond donors (Lipinski definition) is 2. The molecule has 2 aromatic rings. The van der Waals surface area contributed by atoms with E-state index in [1.807, 2.05) is 24.3 Å². The molecule has 0 aliphatic heterocycles. The Morgan fingerprint density at radius 1 is 1.00 bits per heavy atom. The molecule has 0 radical (unpaired) electrons. The summed E-state index contributed by atoms with van der Waals surface area (Å²) in [5, 5.41) is 2.79. The van der Waals surface area contributed by atoms with Crippen molar-refractivity contribution in [2.75, 3.05) is 12.4 Å². The number of carbonyl (C=O) groups excluding carboxylic acids is 1. The molecule has 1 aliphatic carbocycles. The van der Waals surface area contributed by atoms with Gasteiger partial charge in [-0.1, -0.05) is 31.4 Å². The molecule has 7 heteroatoms. The van der Waals surface area contributed by atoms with Crippen LogP contribution in [0.2, 0.25) is 0 Å². The van der Waals surface area contributed by atoms with E-state index in [-0.39, 0.29) is 23.3 Å². The summed E-state index contributed by atoms with van der Waals surface area (Å²) in [6, 6.07) is 13.6. The Balaban J connectivity index is 1.57. The van der Waals surface area contributed by atoms with E-state index < -0.39 is 10.0 Å². The van der Waals surface area contributed by atoms with E-state index in [9.17, 15) is 13.2 Å². The standard InChI is InChI=1S/C21H26N2O4S/c1-27-19-11-7-16(8-12-19)15-21(24)22-17-9-13-20(14-10-17)28(25,26)23-18-5-3-2-4-6-18/h7-14,18,23H,2-6,15H2,1H3,(H,22,24). The minimum absolute atomic E-state index is 0.0163. The Kier molecular flexibility index (Phi) is 6.70. The first-order valence-corrected chi connectivity index (χ1v) is 11.0. The van der Waals surface area contributed by atoms with Crippen molar-refractivity contribution in [3.63, 3.8) is 0 Å². The normalized spacial score (nSPS) is 15.2. The smallest absolute Gasteiger partial charge is 0.240 e. The van der Waals surface area contributed by atoms with Gasteiger partial charge in [-0.2, -0.15) is 0 Å². The van der Waals surface area contributed by atoms with Crippen LogP contribution in [0.3, 0.4) is 0 Å². The summed E-state index contributed by atoms with van der Waals surface area (Å²) in [6.45, 7) is 0. The van der Waals surface area contributed by atoms with E-state index >= 15 is 0 Å². The molecule has 28 heavy (non-hydrogen) atoms. The Bertz CT molecular complexity index is 887. The fourth-order valence-corrected chi connectivity index (χ4v) is 4.66. The van der Waals surface area contributed by atoms with Gasteiger partial charge in [0.15, 0.2) is 0 Å². The summed E-state index contributed by atoms with van der Waals surface area (Å²) >= 11 is 0. The van der Waals surface area contributed by atoms with Crippen molar-refractivity contribution >= 4 is 21.6 Å². The first-order valence-electron chi connectivity index (χ1n) is 9.51. The maximum absolute atomic E-state index is 12.5. The van der Waals surface area contributed by atoms with E-state index in [4.69, 9.17) is 4.74 Å². The number of amides is 1. The third-order valence-electron chi connectivity index (χ3n) is 4.90. The van der Waals surface area contributed by atoms with E-state index in [2.05, 4.69) is 10.0 Å². The van der Waals surface area contributed by atoms with Crippen molar-refractivity contribution in [1.29, 1.82) is 0 Å². The molecule has 0 heterocycles. The maximum atomic E-state index is 12.5. The Labute approximate surface area is 166 Å². The largest absolute Gasteiger partial charge is 0.497 e. The van der Waals surface area contributed by atoms with Crippen LogP contribution in [0.1, 0.15) is 37.7 Å². The molecule has 3 rings (SSSR count). The lowest BCUT2D eigenvalue weighted by atomic mass is 9.96. The highest BCUT2D eigenvalue weighted by Crippen LogP contribution is 2.21. The van der Waals surface area contributed by atoms with E-state index in [0.29, 0.717) is 5.69 Å². The number of benzene rings is 2. The molecule has 0 saturated heterocycles. The van der Waals surface area contributed by atoms with Gasteiger partial charge >= 0.3 is 0 Å². The molecule has 1 aliphatic rings. The molecule has 0 unspecified atom stereocenters. The third kappa shape index (κ3) is 5.56. The molecular formula is C21H26N2O4S. The molecular weight excluding hydrogens is 376 g/mol. The van der Waals surface area contributed by atoms with Crippen LogP contribution >= 0.6 is 0 Å². The highest BCUT2D eigenvalue weighted by atomic mass is 32.2. The van der Waals surface area contributed by atoms with Crippen LogP contribution in [-0.4, -0.2) is 27.5 Å². The maximum Gasteiger partial charge on any atom is 0.240 e. The minimum Gasteiger partial charge on any atom is -0.497 e. The molecule has 0 aromatic heterocycles. The first kappa shape index (κ1) is 20.4. The van der Waals surface area contributed by atoms with Gasteiger partial charge in [-0.05, 0) is 54.8 Å². The molecule has 150 valence electrons. The van der Waals surface area contributed by atoms with Crippen molar-refractivity contribution < 1.29 is 17.9 Å². The number of hydrogen-bond acceptors (Lipinski definition) is 4. The second-order valence-corrected chi connectivity index (χ2v) is 8.77. The third-order valence-corrected chi connectivity index (χ3v) is 6.44. The van der Waals surface area contributed by atoms with Gasteiger partial charge < -0.3 is 10.1 Å². The second kappa shape index (κ2) is 9.21. The average Bonchev–Trinajstić information content (AvgIpc) is 2.69. The number of rotatable bonds is 7. The first-order chi connectivity index (χ1) is 13.5. The molecule has 1 fully saturated rings. The van der Waals surface area contributed by atoms with Crippen LogP contribution in [-0.2, 0) is 21.2 Å². The highest BCUT2D eigenvalue weighted by Gasteiger charge is 2.21. The van der Waals surface area contributed by atoms with Crippen molar-refractivity contribution in [2.24, 2.45) is 0 Å². The summed E-state index contributed by atoms with van der Waals surface area (Å²) < 4.78 is 32.9. The van der Waals surface area contributed by atoms with Crippen LogP contribution in [0.25, 0.3) is 0 Å². The van der Waals surface area contributed by atoms with Gasteiger partial charge in [0.2, 0.25) is 15.9 Å². The summed E-state index contributed by atoms with van der Waals surface area (Å²) in [7, 11) is -1.94. The summed E-state index contributed by atoms with van der Waals surface area (Å²) in [6.07, 6.45) is 5.30. The summed E-state index contributed by atoms with van der Waals surface area (Å²) in [5.41, 5.74) is 1.43. The Morgan fingerprint density at radius 2 is 1.64 bits per heavy atom. The van der Waals surface area contributed by atoms with Crippen LogP contribution in [0.5, 0.6) is 5.75 Å². The Morgan fingerprint density at radius 3 is 2.25 bits per heavy atom. The van der Waals surface area contributed by atoms with E-state index in [1.54, 1.807) is 19.2 Å². The second-order valence-electron chi connectivity index (χ2n) is 7.05. The lowest BCUT2D eigenvalue weighted by Crippen LogP contribution is -2.36. The van der Waals surface area contributed by atoms with Gasteiger partial charge in [0.1, 0.15) is 5.75 Å². The molecule has 2 N–H and O–H groups in total. The van der Waals surface area contributed by atoms with Crippen LogP contribution < -0.4 is 14.8 Å². The number of ether oxygens (including phenoxy) is 1. The number of methoxy groups -OCH3 is 1. The lowest BCUT2D eigenvalue weighted by Gasteiger charge is -2.22. The topological polar surface area (TPSA) is 84.5 Å². The molecule has 0 spiro atoms. The van der Waals surface area contributed by atoms with Gasteiger partial charge in [0.25, 0.3) is 0 Å². The summed E-state index contributed by atoms with van der Waals surface area (Å²) in [5.74, 6) is 0.573. The SMILES string of the molecule is COc1ccc(CC(=O)Nc2ccc(S(=O)(=O)NC3CCCCC3)cc2)cc1. The number of sulfonamides is 1. The predicted molar refractivity (Wildman–Crippen MR) is 109 cm³/mol. The predicted octanol–water partition coefficient (Wildman–Crippen LogP) is 3.49. The molecule has 0 bridgehead atoms. The summed E-state index contributed by atoms with van der Waals surface area (Å²) in [4.78, 5) is 12.4. The van der Waals surface area contributed by atoms with E-state index in [1.165, 1.54) is 18.6 Å². The van der Waals surface area contributed by atoms with Crippen molar-refractivity contribution in [2.45, 2.75) is 49.5 Å². The Hall–Kier alpha value is -2.38. The monoisotopic (exact) mass is 402 g/mol. The average molecular weight is 403 g/mol. The lowest BCUT2D eigenvalue weighted by molar-refractivity contribution is -0.115. The zero-order valence-electron chi connectivity index (χ0n) is 16.0.